The second-order valence-electron chi connectivity index (χ2n) is 7.33. The van der Waals surface area contributed by atoms with Crippen molar-refractivity contribution in [2.45, 2.75) is 63.6 Å². The molecular formula is C17H24N4O3. The standard InChI is InChI=1S/C17H24N4O3/c1-17(2,3)24-16(23)18-12-9-13(22)14-15(12)21(20-19-14)10-11-7-5-4-6-8-11/h4-8,12-15,22H,9-10H2,1-3H3,(H,18,23)/t12-,13+,14-,15+/m1/s1. The number of fused-ring (bicyclic) bond motifs is 1. The summed E-state index contributed by atoms with van der Waals surface area (Å²) in [6.45, 7) is 6.05. The van der Waals surface area contributed by atoms with Gasteiger partial charge >= 0.3 is 6.09 Å². The third kappa shape index (κ3) is 3.67. The molecule has 1 saturated carbocycles. The zero-order valence-electron chi connectivity index (χ0n) is 14.2. The number of alkyl carbamates (subject to hydrolysis) is 1. The average Bonchev–Trinajstić information content (AvgIpc) is 3.01. The molecule has 0 spiro atoms. The summed E-state index contributed by atoms with van der Waals surface area (Å²) < 4.78 is 5.33. The Labute approximate surface area is 141 Å². The monoisotopic (exact) mass is 332 g/mol. The Hall–Kier alpha value is -2.15. The fourth-order valence-corrected chi connectivity index (χ4v) is 3.23. The van der Waals surface area contributed by atoms with E-state index in [1.807, 2.05) is 56.1 Å². The van der Waals surface area contributed by atoms with Crippen molar-refractivity contribution in [1.29, 1.82) is 0 Å². The first kappa shape index (κ1) is 16.7. The number of nitrogens with zero attached hydrogens (tertiary/aromatic N) is 3. The van der Waals surface area contributed by atoms with Crippen LogP contribution in [0.1, 0.15) is 32.8 Å². The molecule has 2 N–H and O–H groups in total. The van der Waals surface area contributed by atoms with Gasteiger partial charge in [0.05, 0.1) is 24.7 Å². The molecule has 2 aliphatic rings. The van der Waals surface area contributed by atoms with Gasteiger partial charge in [-0.2, -0.15) is 5.11 Å². The van der Waals surface area contributed by atoms with Crippen LogP contribution in [0.15, 0.2) is 40.7 Å². The van der Waals surface area contributed by atoms with Gasteiger partial charge in [0.25, 0.3) is 0 Å². The van der Waals surface area contributed by atoms with Crippen molar-refractivity contribution in [3.8, 4) is 0 Å². The maximum absolute atomic E-state index is 12.1. The lowest BCUT2D eigenvalue weighted by Crippen LogP contribution is -2.49. The maximum atomic E-state index is 12.1. The molecule has 24 heavy (non-hydrogen) atoms. The van der Waals surface area contributed by atoms with E-state index < -0.39 is 17.8 Å². The van der Waals surface area contributed by atoms with E-state index in [0.717, 1.165) is 5.56 Å². The van der Waals surface area contributed by atoms with E-state index in [1.54, 1.807) is 0 Å². The molecule has 0 radical (unpaired) electrons. The average molecular weight is 332 g/mol. The van der Waals surface area contributed by atoms with Crippen LogP contribution in [0.2, 0.25) is 0 Å². The van der Waals surface area contributed by atoms with Crippen LogP contribution in [0.4, 0.5) is 4.79 Å². The smallest absolute Gasteiger partial charge is 0.407 e. The van der Waals surface area contributed by atoms with E-state index >= 15 is 0 Å². The summed E-state index contributed by atoms with van der Waals surface area (Å²) in [6.07, 6.45) is -0.648. The molecule has 0 unspecified atom stereocenters. The number of benzene rings is 1. The molecule has 1 amide bonds. The number of carbonyl (C=O) groups excluding carboxylic acids is 1. The van der Waals surface area contributed by atoms with E-state index in [0.29, 0.717) is 13.0 Å². The molecule has 0 bridgehead atoms. The predicted octanol–water partition coefficient (Wildman–Crippen LogP) is 2.26. The second kappa shape index (κ2) is 6.39. The summed E-state index contributed by atoms with van der Waals surface area (Å²) in [5.74, 6) is 0. The minimum Gasteiger partial charge on any atom is -0.444 e. The molecule has 1 aromatic rings. The van der Waals surface area contributed by atoms with E-state index in [-0.39, 0.29) is 18.1 Å². The van der Waals surface area contributed by atoms with Crippen LogP contribution in [0.5, 0.6) is 0 Å². The first-order valence-electron chi connectivity index (χ1n) is 8.22. The Morgan fingerprint density at radius 2 is 2.08 bits per heavy atom. The Bertz CT molecular complexity index is 614. The molecular weight excluding hydrogens is 308 g/mol. The SMILES string of the molecule is CC(C)(C)OC(=O)N[C@@H]1C[C@H](O)[C@H]2N=NN(Cc3ccccc3)[C@H]21. The number of aliphatic hydroxyl groups is 1. The number of nitrogens with one attached hydrogen (secondary N) is 1. The third-order valence-electron chi connectivity index (χ3n) is 4.19. The van der Waals surface area contributed by atoms with Crippen LogP contribution >= 0.6 is 0 Å². The van der Waals surface area contributed by atoms with E-state index in [2.05, 4.69) is 15.7 Å². The molecule has 3 rings (SSSR count). The molecule has 1 aliphatic heterocycles. The highest BCUT2D eigenvalue weighted by molar-refractivity contribution is 5.68. The fourth-order valence-electron chi connectivity index (χ4n) is 3.23. The molecule has 130 valence electrons. The van der Waals surface area contributed by atoms with Crippen LogP contribution in [0, 0.1) is 0 Å². The Morgan fingerprint density at radius 3 is 2.75 bits per heavy atom. The van der Waals surface area contributed by atoms with Gasteiger partial charge in [-0.3, -0.25) is 5.01 Å². The van der Waals surface area contributed by atoms with Crippen molar-refractivity contribution in [2.75, 3.05) is 0 Å². The first-order chi connectivity index (χ1) is 11.3. The van der Waals surface area contributed by atoms with Gasteiger partial charge in [-0.05, 0) is 32.8 Å². The lowest BCUT2D eigenvalue weighted by atomic mass is 10.1. The zero-order chi connectivity index (χ0) is 17.3. The zero-order valence-corrected chi connectivity index (χ0v) is 14.2. The van der Waals surface area contributed by atoms with Crippen LogP contribution in [0.3, 0.4) is 0 Å². The number of aliphatic hydroxyl groups excluding tert-OH is 1. The molecule has 0 aromatic heterocycles. The maximum Gasteiger partial charge on any atom is 0.407 e. The number of amides is 1. The van der Waals surface area contributed by atoms with Crippen molar-refractivity contribution in [3.05, 3.63) is 35.9 Å². The van der Waals surface area contributed by atoms with Gasteiger partial charge in [0, 0.05) is 0 Å². The molecule has 1 heterocycles. The lowest BCUT2D eigenvalue weighted by molar-refractivity contribution is 0.0475. The summed E-state index contributed by atoms with van der Waals surface area (Å²) in [5.41, 5.74) is 0.545. The number of ether oxygens (including phenoxy) is 1. The quantitative estimate of drug-likeness (QED) is 0.889. The van der Waals surface area contributed by atoms with Crippen LogP contribution in [-0.4, -0.2) is 46.0 Å². The van der Waals surface area contributed by atoms with Gasteiger partial charge < -0.3 is 15.2 Å². The van der Waals surface area contributed by atoms with Crippen molar-refractivity contribution in [2.24, 2.45) is 10.3 Å². The van der Waals surface area contributed by atoms with Crippen LogP contribution in [-0.2, 0) is 11.3 Å². The highest BCUT2D eigenvalue weighted by Gasteiger charge is 2.50. The summed E-state index contributed by atoms with van der Waals surface area (Å²) in [4.78, 5) is 12.1. The Kier molecular flexibility index (Phi) is 4.45. The molecule has 1 aliphatic carbocycles. The van der Waals surface area contributed by atoms with Crippen molar-refractivity contribution in [1.82, 2.24) is 10.3 Å². The summed E-state index contributed by atoms with van der Waals surface area (Å²) >= 11 is 0. The molecule has 0 saturated heterocycles. The van der Waals surface area contributed by atoms with Gasteiger partial charge in [0.15, 0.2) is 0 Å². The summed E-state index contributed by atoms with van der Waals surface area (Å²) in [6, 6.07) is 9.22. The van der Waals surface area contributed by atoms with Gasteiger partial charge in [-0.25, -0.2) is 4.79 Å². The summed E-state index contributed by atoms with van der Waals surface area (Å²) in [5, 5.41) is 23.3. The first-order valence-corrected chi connectivity index (χ1v) is 8.22. The van der Waals surface area contributed by atoms with Crippen molar-refractivity contribution >= 4 is 6.09 Å². The fraction of sp³-hybridized carbons (Fsp3) is 0.588. The summed E-state index contributed by atoms with van der Waals surface area (Å²) in [7, 11) is 0. The van der Waals surface area contributed by atoms with Gasteiger partial charge in [0.2, 0.25) is 0 Å². The molecule has 4 atom stereocenters. The normalized spacial score (nSPS) is 28.8. The van der Waals surface area contributed by atoms with Crippen LogP contribution < -0.4 is 5.32 Å². The number of carbonyl (C=O) groups is 1. The minimum atomic E-state index is -0.612. The minimum absolute atomic E-state index is 0.160. The predicted molar refractivity (Wildman–Crippen MR) is 88.2 cm³/mol. The van der Waals surface area contributed by atoms with Gasteiger partial charge in [-0.1, -0.05) is 35.6 Å². The van der Waals surface area contributed by atoms with E-state index in [1.165, 1.54) is 0 Å². The third-order valence-corrected chi connectivity index (χ3v) is 4.19. The topological polar surface area (TPSA) is 86.5 Å². The number of rotatable bonds is 3. The largest absolute Gasteiger partial charge is 0.444 e. The molecule has 1 fully saturated rings. The highest BCUT2D eigenvalue weighted by atomic mass is 16.6. The number of hydrogen-bond acceptors (Lipinski definition) is 6. The Morgan fingerprint density at radius 1 is 1.38 bits per heavy atom. The Balaban J connectivity index is 1.68. The second-order valence-corrected chi connectivity index (χ2v) is 7.33. The van der Waals surface area contributed by atoms with Crippen LogP contribution in [0.25, 0.3) is 0 Å². The van der Waals surface area contributed by atoms with Gasteiger partial charge in [-0.15, -0.1) is 0 Å². The van der Waals surface area contributed by atoms with Crippen molar-refractivity contribution < 1.29 is 14.6 Å². The molecule has 7 heteroatoms. The number of hydrogen-bond donors (Lipinski definition) is 2. The van der Waals surface area contributed by atoms with E-state index in [9.17, 15) is 9.90 Å². The lowest BCUT2D eigenvalue weighted by Gasteiger charge is -2.28. The highest BCUT2D eigenvalue weighted by Crippen LogP contribution is 2.34. The van der Waals surface area contributed by atoms with Gasteiger partial charge in [0.1, 0.15) is 11.6 Å². The van der Waals surface area contributed by atoms with Crippen molar-refractivity contribution in [3.63, 3.8) is 0 Å². The molecule has 1 aromatic carbocycles. The molecule has 7 nitrogen and oxygen atoms in total. The van der Waals surface area contributed by atoms with E-state index in [4.69, 9.17) is 4.74 Å².